The number of nitrogens with one attached hydrogen (secondary N) is 1. The van der Waals surface area contributed by atoms with Gasteiger partial charge in [-0.05, 0) is 43.2 Å². The van der Waals surface area contributed by atoms with Gasteiger partial charge in [-0.1, -0.05) is 36.4 Å². The van der Waals surface area contributed by atoms with Crippen molar-refractivity contribution in [3.05, 3.63) is 42.0 Å². The SMILES string of the molecule is CCNC(=NCC(O)COCC1CC1)N1CC=C(c2ccccc2)CC1.I. The Morgan fingerprint density at radius 1 is 1.33 bits per heavy atom. The van der Waals surface area contributed by atoms with Gasteiger partial charge in [0, 0.05) is 26.2 Å². The van der Waals surface area contributed by atoms with E-state index in [-0.39, 0.29) is 24.0 Å². The van der Waals surface area contributed by atoms with Crippen LogP contribution in [0.1, 0.15) is 31.7 Å². The number of ether oxygens (including phenoxy) is 1. The third kappa shape index (κ3) is 7.43. The van der Waals surface area contributed by atoms with Gasteiger partial charge in [-0.15, -0.1) is 24.0 Å². The lowest BCUT2D eigenvalue weighted by Crippen LogP contribution is -2.44. The summed E-state index contributed by atoms with van der Waals surface area (Å²) in [6.45, 7) is 6.18. The van der Waals surface area contributed by atoms with Crippen LogP contribution in [0.25, 0.3) is 5.57 Å². The van der Waals surface area contributed by atoms with Gasteiger partial charge in [0.2, 0.25) is 0 Å². The highest BCUT2D eigenvalue weighted by atomic mass is 127. The van der Waals surface area contributed by atoms with E-state index in [0.29, 0.717) is 13.2 Å². The number of nitrogens with zero attached hydrogens (tertiary/aromatic N) is 2. The fourth-order valence-corrected chi connectivity index (χ4v) is 3.10. The zero-order valence-electron chi connectivity index (χ0n) is 16.1. The van der Waals surface area contributed by atoms with Crippen LogP contribution in [-0.4, -0.2) is 61.5 Å². The molecule has 27 heavy (non-hydrogen) atoms. The van der Waals surface area contributed by atoms with Gasteiger partial charge < -0.3 is 20.1 Å². The first kappa shape index (κ1) is 22.2. The molecular weight excluding hydrogens is 453 g/mol. The van der Waals surface area contributed by atoms with E-state index in [1.807, 2.05) is 0 Å². The normalized spacial score (nSPS) is 18.5. The molecule has 1 saturated carbocycles. The summed E-state index contributed by atoms with van der Waals surface area (Å²) in [6.07, 6.45) is 5.28. The standard InChI is InChI=1S/C21H31N3O2.HI/c1-2-22-21(23-14-20(25)16-26-15-17-8-9-17)24-12-10-19(11-13-24)18-6-4-3-5-7-18;/h3-7,10,17,20,25H,2,8-9,11-16H2,1H3,(H,22,23);1H. The minimum atomic E-state index is -0.539. The maximum absolute atomic E-state index is 10.1. The van der Waals surface area contributed by atoms with Crippen LogP contribution in [0.15, 0.2) is 41.4 Å². The van der Waals surface area contributed by atoms with E-state index in [1.54, 1.807) is 0 Å². The van der Waals surface area contributed by atoms with Crippen LogP contribution >= 0.6 is 24.0 Å². The average Bonchev–Trinajstić information content (AvgIpc) is 3.50. The zero-order valence-corrected chi connectivity index (χ0v) is 18.5. The van der Waals surface area contributed by atoms with Crippen LogP contribution in [0, 0.1) is 5.92 Å². The monoisotopic (exact) mass is 485 g/mol. The Bertz CT molecular complexity index is 617. The summed E-state index contributed by atoms with van der Waals surface area (Å²) in [4.78, 5) is 6.86. The minimum absolute atomic E-state index is 0. The molecule has 3 rings (SSSR count). The first-order valence-corrected chi connectivity index (χ1v) is 9.79. The molecule has 1 fully saturated rings. The molecule has 150 valence electrons. The van der Waals surface area contributed by atoms with Crippen molar-refractivity contribution in [2.75, 3.05) is 39.4 Å². The third-order valence-corrected chi connectivity index (χ3v) is 4.80. The van der Waals surface area contributed by atoms with E-state index in [1.165, 1.54) is 24.0 Å². The lowest BCUT2D eigenvalue weighted by Gasteiger charge is -2.30. The average molecular weight is 485 g/mol. The van der Waals surface area contributed by atoms with Crippen molar-refractivity contribution in [3.63, 3.8) is 0 Å². The first-order valence-electron chi connectivity index (χ1n) is 9.79. The van der Waals surface area contributed by atoms with E-state index in [4.69, 9.17) is 4.74 Å². The molecular formula is C21H32IN3O2. The van der Waals surface area contributed by atoms with Crippen molar-refractivity contribution in [1.82, 2.24) is 10.2 Å². The molecule has 0 spiro atoms. The molecule has 0 bridgehead atoms. The number of hydrogen-bond acceptors (Lipinski definition) is 3. The summed E-state index contributed by atoms with van der Waals surface area (Å²) in [7, 11) is 0. The van der Waals surface area contributed by atoms with Crippen molar-refractivity contribution >= 4 is 35.5 Å². The Hall–Kier alpha value is -1.12. The van der Waals surface area contributed by atoms with Gasteiger partial charge in [0.05, 0.1) is 19.3 Å². The van der Waals surface area contributed by atoms with Gasteiger partial charge >= 0.3 is 0 Å². The quantitative estimate of drug-likeness (QED) is 0.338. The summed E-state index contributed by atoms with van der Waals surface area (Å²) in [6, 6.07) is 10.5. The molecule has 1 heterocycles. The molecule has 0 radical (unpaired) electrons. The van der Waals surface area contributed by atoms with Crippen molar-refractivity contribution < 1.29 is 9.84 Å². The number of halogens is 1. The summed E-state index contributed by atoms with van der Waals surface area (Å²) in [5.74, 6) is 1.60. The number of aliphatic hydroxyl groups excluding tert-OH is 1. The first-order chi connectivity index (χ1) is 12.8. The van der Waals surface area contributed by atoms with E-state index >= 15 is 0 Å². The smallest absolute Gasteiger partial charge is 0.194 e. The lowest BCUT2D eigenvalue weighted by atomic mass is 10.00. The van der Waals surface area contributed by atoms with E-state index in [0.717, 1.165) is 44.5 Å². The molecule has 6 heteroatoms. The second kappa shape index (κ2) is 11.7. The summed E-state index contributed by atoms with van der Waals surface area (Å²) in [5, 5.41) is 13.4. The lowest BCUT2D eigenvalue weighted by molar-refractivity contribution is 0.0367. The van der Waals surface area contributed by atoms with Gasteiger partial charge in [0.1, 0.15) is 0 Å². The van der Waals surface area contributed by atoms with E-state index in [2.05, 4.69) is 58.5 Å². The summed E-state index contributed by atoms with van der Waals surface area (Å²) >= 11 is 0. The fourth-order valence-electron chi connectivity index (χ4n) is 3.10. The van der Waals surface area contributed by atoms with E-state index in [9.17, 15) is 5.11 Å². The van der Waals surface area contributed by atoms with Crippen molar-refractivity contribution in [2.45, 2.75) is 32.3 Å². The van der Waals surface area contributed by atoms with Gasteiger partial charge in [-0.3, -0.25) is 4.99 Å². The molecule has 2 aliphatic rings. The number of aliphatic imine (C=N–C) groups is 1. The molecule has 0 saturated heterocycles. The van der Waals surface area contributed by atoms with Crippen LogP contribution < -0.4 is 5.32 Å². The largest absolute Gasteiger partial charge is 0.389 e. The van der Waals surface area contributed by atoms with Crippen molar-refractivity contribution in [1.29, 1.82) is 0 Å². The Labute approximate surface area is 179 Å². The molecule has 0 amide bonds. The van der Waals surface area contributed by atoms with Crippen LogP contribution in [0.4, 0.5) is 0 Å². The highest BCUT2D eigenvalue weighted by Gasteiger charge is 2.21. The number of guanidine groups is 1. The Balaban J connectivity index is 0.00000261. The summed E-state index contributed by atoms with van der Waals surface area (Å²) < 4.78 is 5.56. The molecule has 1 atom stereocenters. The molecule has 5 nitrogen and oxygen atoms in total. The van der Waals surface area contributed by atoms with Crippen molar-refractivity contribution in [2.24, 2.45) is 10.9 Å². The highest BCUT2D eigenvalue weighted by molar-refractivity contribution is 14.0. The van der Waals surface area contributed by atoms with Gasteiger partial charge in [-0.2, -0.15) is 0 Å². The molecule has 2 N–H and O–H groups in total. The highest BCUT2D eigenvalue weighted by Crippen LogP contribution is 2.28. The predicted octanol–water partition coefficient (Wildman–Crippen LogP) is 3.15. The van der Waals surface area contributed by atoms with Crippen LogP contribution in [0.2, 0.25) is 0 Å². The predicted molar refractivity (Wildman–Crippen MR) is 122 cm³/mol. The zero-order chi connectivity index (χ0) is 18.2. The van der Waals surface area contributed by atoms with Crippen LogP contribution in [0.3, 0.4) is 0 Å². The Kier molecular flexibility index (Phi) is 9.58. The van der Waals surface area contributed by atoms with Gasteiger partial charge in [-0.25, -0.2) is 0 Å². The van der Waals surface area contributed by atoms with Crippen LogP contribution in [-0.2, 0) is 4.74 Å². The molecule has 1 aliphatic heterocycles. The number of hydrogen-bond donors (Lipinski definition) is 2. The Morgan fingerprint density at radius 3 is 2.74 bits per heavy atom. The Morgan fingerprint density at radius 2 is 2.11 bits per heavy atom. The minimum Gasteiger partial charge on any atom is -0.389 e. The number of aliphatic hydroxyl groups is 1. The van der Waals surface area contributed by atoms with Crippen molar-refractivity contribution in [3.8, 4) is 0 Å². The maximum Gasteiger partial charge on any atom is 0.194 e. The van der Waals surface area contributed by atoms with Gasteiger partial charge in [0.25, 0.3) is 0 Å². The number of benzene rings is 1. The van der Waals surface area contributed by atoms with Crippen LogP contribution in [0.5, 0.6) is 0 Å². The molecule has 0 aromatic heterocycles. The maximum atomic E-state index is 10.1. The second-order valence-corrected chi connectivity index (χ2v) is 7.12. The fraction of sp³-hybridized carbons (Fsp3) is 0.571. The molecule has 1 unspecified atom stereocenters. The topological polar surface area (TPSA) is 57.1 Å². The second-order valence-electron chi connectivity index (χ2n) is 7.12. The number of rotatable bonds is 8. The molecule has 1 aliphatic carbocycles. The summed E-state index contributed by atoms with van der Waals surface area (Å²) in [5.41, 5.74) is 2.70. The molecule has 1 aromatic rings. The van der Waals surface area contributed by atoms with E-state index < -0.39 is 6.10 Å². The molecule has 1 aromatic carbocycles. The van der Waals surface area contributed by atoms with Gasteiger partial charge in [0.15, 0.2) is 5.96 Å². The third-order valence-electron chi connectivity index (χ3n) is 4.80.